The van der Waals surface area contributed by atoms with Crippen molar-refractivity contribution in [3.8, 4) is 0 Å². The van der Waals surface area contributed by atoms with Gasteiger partial charge in [0.1, 0.15) is 6.54 Å². The zero-order valence-electron chi connectivity index (χ0n) is 17.2. The van der Waals surface area contributed by atoms with E-state index in [1.807, 2.05) is 6.08 Å². The van der Waals surface area contributed by atoms with Crippen molar-refractivity contribution in [1.29, 1.82) is 0 Å². The molecule has 0 fully saturated rings. The first-order valence-electron chi connectivity index (χ1n) is 10.4. The van der Waals surface area contributed by atoms with Crippen molar-refractivity contribution in [2.24, 2.45) is 0 Å². The van der Waals surface area contributed by atoms with Crippen LogP contribution in [-0.4, -0.2) is 58.8 Å². The highest BCUT2D eigenvalue weighted by atomic mass is 16.4. The predicted octanol–water partition coefficient (Wildman–Crippen LogP) is 2.59. The number of allylic oxidation sites excluding steroid dienone is 1. The lowest BCUT2D eigenvalue weighted by Crippen LogP contribution is -2.58. The van der Waals surface area contributed by atoms with Gasteiger partial charge in [0, 0.05) is 0 Å². The van der Waals surface area contributed by atoms with Crippen LogP contribution in [0.5, 0.6) is 0 Å². The molecule has 0 saturated carbocycles. The molecule has 7 heteroatoms. The summed E-state index contributed by atoms with van der Waals surface area (Å²) in [5.41, 5.74) is 0. The number of nitrogens with zero attached hydrogens (tertiary/aromatic N) is 1. The zero-order chi connectivity index (χ0) is 21.3. The second-order valence-corrected chi connectivity index (χ2v) is 7.60. The lowest BCUT2D eigenvalue weighted by molar-refractivity contribution is -0.903. The van der Waals surface area contributed by atoms with Gasteiger partial charge in [-0.2, -0.15) is 0 Å². The van der Waals surface area contributed by atoms with Gasteiger partial charge in [0.05, 0.1) is 12.5 Å². The molecule has 28 heavy (non-hydrogen) atoms. The van der Waals surface area contributed by atoms with Crippen LogP contribution in [0.2, 0.25) is 0 Å². The number of carbonyl (C=O) groups excluding carboxylic acids is 1. The molecule has 162 valence electrons. The van der Waals surface area contributed by atoms with Crippen molar-refractivity contribution >= 4 is 17.9 Å². The number of hydrogen-bond donors (Lipinski definition) is 2. The van der Waals surface area contributed by atoms with E-state index in [0.717, 1.165) is 19.3 Å². The number of carboxylic acid groups (broad SMARTS) is 3. The van der Waals surface area contributed by atoms with E-state index >= 15 is 0 Å². The molecule has 0 unspecified atom stereocenters. The summed E-state index contributed by atoms with van der Waals surface area (Å²) in [7, 11) is 0. The van der Waals surface area contributed by atoms with Gasteiger partial charge in [0.15, 0.2) is 13.1 Å². The van der Waals surface area contributed by atoms with Gasteiger partial charge >= 0.3 is 11.9 Å². The molecule has 0 aromatic heterocycles. The molecule has 0 aliphatic heterocycles. The van der Waals surface area contributed by atoms with E-state index in [1.165, 1.54) is 51.4 Å². The van der Waals surface area contributed by atoms with Crippen molar-refractivity contribution in [3.63, 3.8) is 0 Å². The summed E-state index contributed by atoms with van der Waals surface area (Å²) in [6.45, 7) is 0.492. The maximum absolute atomic E-state index is 11.1. The summed E-state index contributed by atoms with van der Waals surface area (Å²) in [6.07, 6.45) is 16.9. The van der Waals surface area contributed by atoms with Crippen molar-refractivity contribution in [2.75, 3.05) is 26.2 Å². The molecule has 0 radical (unpaired) electrons. The highest BCUT2D eigenvalue weighted by molar-refractivity contribution is 5.72. The first kappa shape index (κ1) is 26.1. The molecule has 0 aromatic carbocycles. The van der Waals surface area contributed by atoms with Crippen LogP contribution in [0.3, 0.4) is 0 Å². The number of rotatable bonds is 19. The molecule has 0 saturated heterocycles. The average Bonchev–Trinajstić information content (AvgIpc) is 2.57. The highest BCUT2D eigenvalue weighted by Gasteiger charge is 2.32. The molecule has 0 heterocycles. The fourth-order valence-corrected chi connectivity index (χ4v) is 3.37. The number of hydrogen-bond acceptors (Lipinski definition) is 4. The molecule has 0 aliphatic carbocycles. The van der Waals surface area contributed by atoms with E-state index in [-0.39, 0.29) is 6.54 Å². The first-order valence-corrected chi connectivity index (χ1v) is 10.4. The van der Waals surface area contributed by atoms with Crippen LogP contribution in [0.15, 0.2) is 12.2 Å². The van der Waals surface area contributed by atoms with Crippen LogP contribution < -0.4 is 5.11 Å². The standard InChI is InChI=1S/C21H37NO6/c1-2-3-4-5-6-7-8-9-10-11-12-13-14-15-22(16-19(23)24,17-20(25)26)18-21(27)28/h13-14H,2-12,15-18H2,1H3,(H2-,23,24,25,26,27,28)/b14-13+. The fourth-order valence-electron chi connectivity index (χ4n) is 3.37. The molecule has 2 N–H and O–H groups in total. The zero-order valence-corrected chi connectivity index (χ0v) is 17.2. The van der Waals surface area contributed by atoms with Crippen molar-refractivity contribution in [3.05, 3.63) is 12.2 Å². The normalized spacial score (nSPS) is 11.8. The van der Waals surface area contributed by atoms with Crippen LogP contribution in [0, 0.1) is 0 Å². The van der Waals surface area contributed by atoms with Gasteiger partial charge in [0.2, 0.25) is 0 Å². The Morgan fingerprint density at radius 2 is 1.21 bits per heavy atom. The second kappa shape index (κ2) is 16.1. The van der Waals surface area contributed by atoms with E-state index in [1.54, 1.807) is 6.08 Å². The first-order chi connectivity index (χ1) is 13.3. The van der Waals surface area contributed by atoms with Gasteiger partial charge in [-0.15, -0.1) is 0 Å². The van der Waals surface area contributed by atoms with Crippen LogP contribution in [0.1, 0.15) is 77.6 Å². The fraction of sp³-hybridized carbons (Fsp3) is 0.762. The number of unbranched alkanes of at least 4 members (excludes halogenated alkanes) is 10. The van der Waals surface area contributed by atoms with E-state index in [9.17, 15) is 19.5 Å². The summed E-state index contributed by atoms with van der Waals surface area (Å²) in [5, 5.41) is 29.0. The van der Waals surface area contributed by atoms with Crippen molar-refractivity contribution in [1.82, 2.24) is 0 Å². The minimum absolute atomic E-state index is 0.0460. The largest absolute Gasteiger partial charge is 0.544 e. The van der Waals surface area contributed by atoms with Crippen LogP contribution in [0.4, 0.5) is 0 Å². The maximum Gasteiger partial charge on any atom is 0.359 e. The Hall–Kier alpha value is -1.89. The molecule has 0 rings (SSSR count). The number of carboxylic acids is 3. The van der Waals surface area contributed by atoms with Gasteiger partial charge < -0.3 is 20.1 Å². The predicted molar refractivity (Wildman–Crippen MR) is 106 cm³/mol. The van der Waals surface area contributed by atoms with E-state index in [4.69, 9.17) is 10.2 Å². The third kappa shape index (κ3) is 15.2. The summed E-state index contributed by atoms with van der Waals surface area (Å²) in [4.78, 5) is 33.1. The number of aliphatic carboxylic acids is 3. The lowest BCUT2D eigenvalue weighted by Gasteiger charge is -2.35. The Kier molecular flexibility index (Phi) is 15.0. The Morgan fingerprint density at radius 1 is 0.750 bits per heavy atom. The molecule has 0 bridgehead atoms. The van der Waals surface area contributed by atoms with E-state index in [0.29, 0.717) is 0 Å². The highest BCUT2D eigenvalue weighted by Crippen LogP contribution is 2.12. The van der Waals surface area contributed by atoms with Crippen LogP contribution in [-0.2, 0) is 14.4 Å². The Bertz CT molecular complexity index is 448. The summed E-state index contributed by atoms with van der Waals surface area (Å²) in [5.74, 6) is -3.92. The number of carbonyl (C=O) groups is 3. The molecule has 0 spiro atoms. The van der Waals surface area contributed by atoms with Gasteiger partial charge in [-0.1, -0.05) is 70.8 Å². The molecule has 0 aromatic rings. The maximum atomic E-state index is 11.1. The smallest absolute Gasteiger partial charge is 0.359 e. The molecule has 0 aliphatic rings. The third-order valence-corrected chi connectivity index (χ3v) is 4.79. The van der Waals surface area contributed by atoms with Gasteiger partial charge in [-0.3, -0.25) is 4.48 Å². The minimum atomic E-state index is -1.45. The van der Waals surface area contributed by atoms with Crippen molar-refractivity contribution in [2.45, 2.75) is 77.6 Å². The molecular formula is C21H37NO6. The SMILES string of the molecule is CCCCCCCCCCCC/C=C/C[N+](CC(=O)[O-])(CC(=O)O)CC(=O)O. The van der Waals surface area contributed by atoms with Gasteiger partial charge in [0.25, 0.3) is 0 Å². The Morgan fingerprint density at radius 3 is 1.64 bits per heavy atom. The van der Waals surface area contributed by atoms with E-state index in [2.05, 4.69) is 6.92 Å². The van der Waals surface area contributed by atoms with Crippen molar-refractivity contribution < 1.29 is 34.2 Å². The summed E-state index contributed by atoms with van der Waals surface area (Å²) in [6, 6.07) is 0. The topological polar surface area (TPSA) is 115 Å². The van der Waals surface area contributed by atoms with Crippen LogP contribution in [0.25, 0.3) is 0 Å². The molecule has 0 amide bonds. The van der Waals surface area contributed by atoms with Crippen LogP contribution >= 0.6 is 0 Å². The average molecular weight is 400 g/mol. The summed E-state index contributed by atoms with van der Waals surface area (Å²) < 4.78 is -0.582. The van der Waals surface area contributed by atoms with Gasteiger partial charge in [-0.25, -0.2) is 9.59 Å². The van der Waals surface area contributed by atoms with Gasteiger partial charge in [-0.05, 0) is 18.9 Å². The third-order valence-electron chi connectivity index (χ3n) is 4.79. The molecular weight excluding hydrogens is 362 g/mol. The number of quaternary nitrogens is 1. The Balaban J connectivity index is 4.15. The quantitative estimate of drug-likeness (QED) is 0.196. The lowest BCUT2D eigenvalue weighted by atomic mass is 10.1. The molecule has 0 atom stereocenters. The Labute approximate surface area is 168 Å². The van der Waals surface area contributed by atoms with E-state index < -0.39 is 42.0 Å². The second-order valence-electron chi connectivity index (χ2n) is 7.60. The summed E-state index contributed by atoms with van der Waals surface area (Å²) >= 11 is 0. The molecule has 7 nitrogen and oxygen atoms in total. The minimum Gasteiger partial charge on any atom is -0.544 e. The monoisotopic (exact) mass is 399 g/mol.